The van der Waals surface area contributed by atoms with E-state index in [1.807, 2.05) is 0 Å². The van der Waals surface area contributed by atoms with Crippen molar-refractivity contribution < 1.29 is 4.74 Å². The normalized spacial score (nSPS) is 50.9. The molecule has 0 amide bonds. The summed E-state index contributed by atoms with van der Waals surface area (Å²) in [5, 5.41) is 0. The molecular weight excluding hydrogens is 160 g/mol. The van der Waals surface area contributed by atoms with Crippen LogP contribution in [0.15, 0.2) is 25.0 Å². The highest BCUT2D eigenvalue weighted by atomic mass is 16.5. The molecule has 0 saturated heterocycles. The predicted octanol–water partition coefficient (Wildman–Crippen LogP) is 2.75. The molecule has 70 valence electrons. The van der Waals surface area contributed by atoms with Gasteiger partial charge in [0.05, 0.1) is 6.26 Å². The molecule has 2 bridgehead atoms. The molecule has 1 nitrogen and oxygen atoms in total. The Bertz CT molecular complexity index is 256. The van der Waals surface area contributed by atoms with Gasteiger partial charge in [-0.05, 0) is 43.1 Å². The van der Waals surface area contributed by atoms with Crippen molar-refractivity contribution in [1.29, 1.82) is 0 Å². The van der Waals surface area contributed by atoms with E-state index in [1.54, 1.807) is 6.26 Å². The van der Waals surface area contributed by atoms with E-state index in [0.717, 1.165) is 23.7 Å². The summed E-state index contributed by atoms with van der Waals surface area (Å²) in [6, 6.07) is 0. The minimum Gasteiger partial charge on any atom is -0.494 e. The maximum absolute atomic E-state index is 5.55. The molecule has 2 fully saturated rings. The summed E-state index contributed by atoms with van der Waals surface area (Å²) in [4.78, 5) is 0. The highest BCUT2D eigenvalue weighted by molar-refractivity contribution is 5.17. The van der Waals surface area contributed by atoms with Gasteiger partial charge in [-0.25, -0.2) is 0 Å². The van der Waals surface area contributed by atoms with Crippen LogP contribution in [0.3, 0.4) is 0 Å². The SMILES string of the molecule is C=CO[C@@H]1C=C[C@H]2[C@H]3CC[C@H](C3)[C@H]21. The summed E-state index contributed by atoms with van der Waals surface area (Å²) in [5.74, 6) is 3.54. The van der Waals surface area contributed by atoms with Crippen molar-refractivity contribution in [1.82, 2.24) is 0 Å². The van der Waals surface area contributed by atoms with Crippen LogP contribution in [0.4, 0.5) is 0 Å². The van der Waals surface area contributed by atoms with Gasteiger partial charge in [0.15, 0.2) is 0 Å². The summed E-state index contributed by atoms with van der Waals surface area (Å²) in [5.41, 5.74) is 0. The zero-order valence-electron chi connectivity index (χ0n) is 7.86. The van der Waals surface area contributed by atoms with Crippen molar-refractivity contribution in [2.75, 3.05) is 0 Å². The van der Waals surface area contributed by atoms with Crippen LogP contribution in [-0.2, 0) is 4.74 Å². The molecule has 0 heterocycles. The van der Waals surface area contributed by atoms with Crippen molar-refractivity contribution in [3.05, 3.63) is 25.0 Å². The molecule has 1 heteroatoms. The Hall–Kier alpha value is -0.720. The zero-order chi connectivity index (χ0) is 8.84. The largest absolute Gasteiger partial charge is 0.494 e. The Balaban J connectivity index is 1.83. The molecule has 0 aromatic heterocycles. The molecule has 3 aliphatic carbocycles. The second-order valence-corrected chi connectivity index (χ2v) is 4.64. The lowest BCUT2D eigenvalue weighted by atomic mass is 9.80. The summed E-state index contributed by atoms with van der Waals surface area (Å²) in [7, 11) is 0. The smallest absolute Gasteiger partial charge is 0.120 e. The lowest BCUT2D eigenvalue weighted by Crippen LogP contribution is -2.27. The van der Waals surface area contributed by atoms with Crippen molar-refractivity contribution in [3.8, 4) is 0 Å². The van der Waals surface area contributed by atoms with E-state index in [0.29, 0.717) is 6.10 Å². The first kappa shape index (κ1) is 7.66. The van der Waals surface area contributed by atoms with Gasteiger partial charge in [-0.1, -0.05) is 12.7 Å². The Kier molecular flexibility index (Phi) is 1.55. The fourth-order valence-electron chi connectivity index (χ4n) is 3.77. The fourth-order valence-corrected chi connectivity index (χ4v) is 3.77. The number of hydrogen-bond donors (Lipinski definition) is 0. The van der Waals surface area contributed by atoms with Gasteiger partial charge in [0.25, 0.3) is 0 Å². The summed E-state index contributed by atoms with van der Waals surface area (Å²) in [6.07, 6.45) is 10.9. The number of rotatable bonds is 2. The number of ether oxygens (including phenoxy) is 1. The van der Waals surface area contributed by atoms with Crippen LogP contribution < -0.4 is 0 Å². The van der Waals surface area contributed by atoms with Gasteiger partial charge in [-0.2, -0.15) is 0 Å². The van der Waals surface area contributed by atoms with Crippen molar-refractivity contribution >= 4 is 0 Å². The quantitative estimate of drug-likeness (QED) is 0.464. The molecule has 0 radical (unpaired) electrons. The van der Waals surface area contributed by atoms with Crippen molar-refractivity contribution in [2.45, 2.75) is 25.4 Å². The van der Waals surface area contributed by atoms with Crippen molar-refractivity contribution in [3.63, 3.8) is 0 Å². The molecular formula is C12H16O. The van der Waals surface area contributed by atoms with Crippen LogP contribution in [0.25, 0.3) is 0 Å². The van der Waals surface area contributed by atoms with Crippen LogP contribution in [0.5, 0.6) is 0 Å². The third-order valence-electron chi connectivity index (χ3n) is 4.20. The van der Waals surface area contributed by atoms with Gasteiger partial charge in [0.2, 0.25) is 0 Å². The topological polar surface area (TPSA) is 9.23 Å². The summed E-state index contributed by atoms with van der Waals surface area (Å²) in [6.45, 7) is 3.64. The average molecular weight is 176 g/mol. The first-order valence-corrected chi connectivity index (χ1v) is 5.35. The number of allylic oxidation sites excluding steroid dienone is 1. The predicted molar refractivity (Wildman–Crippen MR) is 52.0 cm³/mol. The lowest BCUT2D eigenvalue weighted by Gasteiger charge is -2.28. The van der Waals surface area contributed by atoms with Crippen LogP contribution in [0.1, 0.15) is 19.3 Å². The Morgan fingerprint density at radius 3 is 2.92 bits per heavy atom. The highest BCUT2D eigenvalue weighted by Crippen LogP contribution is 2.56. The first-order chi connectivity index (χ1) is 6.40. The monoisotopic (exact) mass is 176 g/mol. The van der Waals surface area contributed by atoms with Crippen LogP contribution >= 0.6 is 0 Å². The molecule has 0 aromatic rings. The Labute approximate surface area is 79.5 Å². The van der Waals surface area contributed by atoms with Crippen molar-refractivity contribution in [2.24, 2.45) is 23.7 Å². The van der Waals surface area contributed by atoms with Gasteiger partial charge < -0.3 is 4.74 Å². The number of hydrogen-bond acceptors (Lipinski definition) is 1. The maximum Gasteiger partial charge on any atom is 0.120 e. The molecule has 5 atom stereocenters. The third kappa shape index (κ3) is 0.932. The van der Waals surface area contributed by atoms with E-state index < -0.39 is 0 Å². The molecule has 13 heavy (non-hydrogen) atoms. The fraction of sp³-hybridized carbons (Fsp3) is 0.667. The lowest BCUT2D eigenvalue weighted by molar-refractivity contribution is 0.0882. The zero-order valence-corrected chi connectivity index (χ0v) is 7.86. The minimum absolute atomic E-state index is 0.345. The standard InChI is InChI=1S/C12H16O/c1-2-13-11-6-5-10-8-3-4-9(7-8)12(10)11/h2,5-6,8-12H,1,3-4,7H2/t8-,9+,10-,11+,12+/m0/s1. The van der Waals surface area contributed by atoms with E-state index in [1.165, 1.54) is 19.3 Å². The van der Waals surface area contributed by atoms with Crippen LogP contribution in [-0.4, -0.2) is 6.10 Å². The Morgan fingerprint density at radius 1 is 1.23 bits per heavy atom. The molecule has 0 aromatic carbocycles. The molecule has 0 spiro atoms. The van der Waals surface area contributed by atoms with Gasteiger partial charge in [-0.3, -0.25) is 0 Å². The van der Waals surface area contributed by atoms with Gasteiger partial charge >= 0.3 is 0 Å². The average Bonchev–Trinajstić information content (AvgIpc) is 2.74. The maximum atomic E-state index is 5.55. The highest BCUT2D eigenvalue weighted by Gasteiger charge is 2.51. The van der Waals surface area contributed by atoms with Crippen LogP contribution in [0, 0.1) is 23.7 Å². The third-order valence-corrected chi connectivity index (χ3v) is 4.20. The molecule has 0 N–H and O–H groups in total. The van der Waals surface area contributed by atoms with Gasteiger partial charge in [0.1, 0.15) is 6.10 Å². The summed E-state index contributed by atoms with van der Waals surface area (Å²) >= 11 is 0. The second kappa shape index (κ2) is 2.63. The molecule has 0 aliphatic heterocycles. The molecule has 3 rings (SSSR count). The minimum atomic E-state index is 0.345. The molecule has 2 saturated carbocycles. The number of fused-ring (bicyclic) bond motifs is 5. The van der Waals surface area contributed by atoms with Gasteiger partial charge in [0, 0.05) is 5.92 Å². The van der Waals surface area contributed by atoms with E-state index in [-0.39, 0.29) is 0 Å². The second-order valence-electron chi connectivity index (χ2n) is 4.64. The van der Waals surface area contributed by atoms with Crippen LogP contribution in [0.2, 0.25) is 0 Å². The van der Waals surface area contributed by atoms with E-state index in [4.69, 9.17) is 4.74 Å². The van der Waals surface area contributed by atoms with E-state index in [9.17, 15) is 0 Å². The first-order valence-electron chi connectivity index (χ1n) is 5.35. The molecule has 3 aliphatic rings. The summed E-state index contributed by atoms with van der Waals surface area (Å²) < 4.78 is 5.55. The van der Waals surface area contributed by atoms with E-state index in [2.05, 4.69) is 18.7 Å². The van der Waals surface area contributed by atoms with E-state index >= 15 is 0 Å². The Morgan fingerprint density at radius 2 is 2.08 bits per heavy atom. The van der Waals surface area contributed by atoms with Gasteiger partial charge in [-0.15, -0.1) is 0 Å². The molecule has 0 unspecified atom stereocenters.